The van der Waals surface area contributed by atoms with Gasteiger partial charge in [-0.25, -0.2) is 4.39 Å². The zero-order chi connectivity index (χ0) is 10.3. The highest BCUT2D eigenvalue weighted by atomic mass is 35.5. The molecule has 0 amide bonds. The maximum atomic E-state index is 12.6. The fourth-order valence-corrected chi connectivity index (χ4v) is 0.833. The van der Waals surface area contributed by atoms with Crippen LogP contribution in [0.5, 0.6) is 0 Å². The summed E-state index contributed by atoms with van der Waals surface area (Å²) in [4.78, 5) is 8.95. The number of rotatable bonds is 1. The zero-order valence-electron chi connectivity index (χ0n) is 7.38. The highest BCUT2D eigenvalue weighted by molar-refractivity contribution is 6.30. The van der Waals surface area contributed by atoms with Crippen LogP contribution in [0.3, 0.4) is 0 Å². The molecular formula is C9H10ClFO2. The molecule has 0 heterocycles. The summed E-state index contributed by atoms with van der Waals surface area (Å²) < 4.78 is 16.5. The Morgan fingerprint density at radius 2 is 2.08 bits per heavy atom. The molecule has 0 saturated carbocycles. The van der Waals surface area contributed by atoms with E-state index in [-0.39, 0.29) is 10.8 Å². The van der Waals surface area contributed by atoms with Gasteiger partial charge in [0, 0.05) is 0 Å². The normalized spacial score (nSPS) is 8.31. The van der Waals surface area contributed by atoms with Gasteiger partial charge in [0.05, 0.1) is 12.1 Å². The van der Waals surface area contributed by atoms with E-state index in [1.165, 1.54) is 13.2 Å². The molecular weight excluding hydrogens is 195 g/mol. The van der Waals surface area contributed by atoms with Crippen LogP contribution in [0.1, 0.15) is 5.56 Å². The number of aryl methyl sites for hydroxylation is 1. The molecule has 0 aromatic heterocycles. The molecule has 2 nitrogen and oxygen atoms in total. The summed E-state index contributed by atoms with van der Waals surface area (Å²) in [6, 6.07) is 4.94. The van der Waals surface area contributed by atoms with Crippen LogP contribution in [0.2, 0.25) is 5.02 Å². The molecule has 0 atom stereocenters. The van der Waals surface area contributed by atoms with Crippen LogP contribution in [0.4, 0.5) is 4.39 Å². The minimum Gasteiger partial charge on any atom is -0.471 e. The van der Waals surface area contributed by atoms with E-state index in [1.54, 1.807) is 19.1 Å². The van der Waals surface area contributed by atoms with Gasteiger partial charge in [-0.2, -0.15) is 0 Å². The number of hydrogen-bond donors (Lipinski definition) is 0. The van der Waals surface area contributed by atoms with E-state index < -0.39 is 0 Å². The Kier molecular flexibility index (Phi) is 5.89. The molecule has 0 N–H and O–H groups in total. The molecule has 1 aromatic rings. The van der Waals surface area contributed by atoms with Gasteiger partial charge in [0.15, 0.2) is 0 Å². The Bertz CT molecular complexity index is 256. The molecule has 0 aliphatic carbocycles. The molecule has 0 fully saturated rings. The largest absolute Gasteiger partial charge is 0.471 e. The third-order valence-corrected chi connectivity index (χ3v) is 1.53. The third kappa shape index (κ3) is 4.48. The number of ether oxygens (including phenoxy) is 1. The second-order valence-corrected chi connectivity index (χ2v) is 2.61. The van der Waals surface area contributed by atoms with Gasteiger partial charge in [0.2, 0.25) is 0 Å². The first-order valence-electron chi connectivity index (χ1n) is 3.50. The lowest BCUT2D eigenvalue weighted by molar-refractivity contribution is -0.126. The maximum absolute atomic E-state index is 12.6. The predicted octanol–water partition coefficient (Wildman–Crippen LogP) is 2.58. The van der Waals surface area contributed by atoms with Gasteiger partial charge in [-0.3, -0.25) is 4.79 Å². The van der Waals surface area contributed by atoms with Crippen LogP contribution < -0.4 is 0 Å². The molecule has 4 heteroatoms. The molecule has 0 radical (unpaired) electrons. The van der Waals surface area contributed by atoms with E-state index >= 15 is 0 Å². The lowest BCUT2D eigenvalue weighted by atomic mass is 10.2. The van der Waals surface area contributed by atoms with Crippen molar-refractivity contribution in [2.75, 3.05) is 7.11 Å². The van der Waals surface area contributed by atoms with Crippen molar-refractivity contribution >= 4 is 18.1 Å². The first-order valence-corrected chi connectivity index (χ1v) is 3.88. The maximum Gasteiger partial charge on any atom is 0.292 e. The van der Waals surface area contributed by atoms with Gasteiger partial charge in [-0.05, 0) is 18.6 Å². The van der Waals surface area contributed by atoms with Crippen molar-refractivity contribution in [2.45, 2.75) is 6.92 Å². The highest BCUT2D eigenvalue weighted by Gasteiger charge is 1.98. The Balaban J connectivity index is 0.000000310. The van der Waals surface area contributed by atoms with Gasteiger partial charge < -0.3 is 4.74 Å². The predicted molar refractivity (Wildman–Crippen MR) is 49.2 cm³/mol. The van der Waals surface area contributed by atoms with E-state index in [0.717, 1.165) is 0 Å². The molecule has 0 spiro atoms. The molecule has 0 aliphatic heterocycles. The monoisotopic (exact) mass is 204 g/mol. The van der Waals surface area contributed by atoms with Gasteiger partial charge in [0.1, 0.15) is 5.82 Å². The molecule has 0 bridgehead atoms. The molecule has 0 unspecified atom stereocenters. The highest BCUT2D eigenvalue weighted by Crippen LogP contribution is 2.16. The smallest absolute Gasteiger partial charge is 0.292 e. The van der Waals surface area contributed by atoms with Crippen molar-refractivity contribution in [3.8, 4) is 0 Å². The van der Waals surface area contributed by atoms with Crippen LogP contribution in [0.15, 0.2) is 18.2 Å². The molecule has 1 rings (SSSR count). The van der Waals surface area contributed by atoms with Crippen molar-refractivity contribution in [2.24, 2.45) is 0 Å². The summed E-state index contributed by atoms with van der Waals surface area (Å²) in [5.41, 5.74) is 0.586. The van der Waals surface area contributed by atoms with E-state index in [9.17, 15) is 4.39 Å². The van der Waals surface area contributed by atoms with Gasteiger partial charge in [0.25, 0.3) is 6.47 Å². The zero-order valence-corrected chi connectivity index (χ0v) is 8.14. The minimum atomic E-state index is -0.320. The Labute approximate surface area is 81.3 Å². The Morgan fingerprint density at radius 3 is 2.38 bits per heavy atom. The van der Waals surface area contributed by atoms with Crippen molar-refractivity contribution < 1.29 is 13.9 Å². The first kappa shape index (κ1) is 11.9. The number of benzene rings is 1. The van der Waals surface area contributed by atoms with Crippen LogP contribution >= 0.6 is 11.6 Å². The second kappa shape index (κ2) is 6.43. The molecule has 0 saturated heterocycles. The van der Waals surface area contributed by atoms with E-state index in [4.69, 9.17) is 16.4 Å². The summed E-state index contributed by atoms with van der Waals surface area (Å²) in [5.74, 6) is -0.320. The molecule has 1 aromatic carbocycles. The third-order valence-electron chi connectivity index (χ3n) is 1.24. The van der Waals surface area contributed by atoms with Crippen molar-refractivity contribution in [3.63, 3.8) is 0 Å². The lowest BCUT2D eigenvalue weighted by Gasteiger charge is -1.94. The number of carbonyl (C=O) groups excluding carboxylic acids is 1. The average Bonchev–Trinajstić information content (AvgIpc) is 2.14. The summed E-state index contributed by atoms with van der Waals surface area (Å²) in [5, 5.41) is 0.190. The Hall–Kier alpha value is -1.09. The molecule has 0 aliphatic rings. The van der Waals surface area contributed by atoms with E-state index in [1.807, 2.05) is 0 Å². The standard InChI is InChI=1S/C7H6ClF.C2H4O2/c1-5-3-2-4-6(8)7(5)9;1-4-2-3/h2-4H,1H3;2H,1H3. The number of carbonyl (C=O) groups is 1. The number of methoxy groups -OCH3 is 1. The number of hydrogen-bond acceptors (Lipinski definition) is 2. The number of halogens is 2. The van der Waals surface area contributed by atoms with Crippen molar-refractivity contribution in [3.05, 3.63) is 34.6 Å². The molecule has 13 heavy (non-hydrogen) atoms. The first-order chi connectivity index (χ1) is 6.13. The van der Waals surface area contributed by atoms with Gasteiger partial charge in [-0.15, -0.1) is 0 Å². The van der Waals surface area contributed by atoms with Crippen LogP contribution in [-0.2, 0) is 9.53 Å². The van der Waals surface area contributed by atoms with Crippen LogP contribution in [-0.4, -0.2) is 13.6 Å². The molecule has 72 valence electrons. The Morgan fingerprint density at radius 1 is 1.54 bits per heavy atom. The topological polar surface area (TPSA) is 26.3 Å². The summed E-state index contributed by atoms with van der Waals surface area (Å²) in [6.45, 7) is 2.06. The van der Waals surface area contributed by atoms with Crippen LogP contribution in [0, 0.1) is 12.7 Å². The van der Waals surface area contributed by atoms with E-state index in [0.29, 0.717) is 12.0 Å². The minimum absolute atomic E-state index is 0.190. The van der Waals surface area contributed by atoms with Crippen molar-refractivity contribution in [1.82, 2.24) is 0 Å². The van der Waals surface area contributed by atoms with Gasteiger partial charge in [-0.1, -0.05) is 23.7 Å². The fourth-order valence-electron chi connectivity index (χ4n) is 0.612. The lowest BCUT2D eigenvalue weighted by Crippen LogP contribution is -1.80. The second-order valence-electron chi connectivity index (χ2n) is 2.20. The van der Waals surface area contributed by atoms with E-state index in [2.05, 4.69) is 4.74 Å². The summed E-state index contributed by atoms with van der Waals surface area (Å²) in [6.07, 6.45) is 0. The SMILES string of the molecule is COC=O.Cc1cccc(Cl)c1F. The van der Waals surface area contributed by atoms with Crippen molar-refractivity contribution in [1.29, 1.82) is 0 Å². The summed E-state index contributed by atoms with van der Waals surface area (Å²) in [7, 11) is 1.31. The fraction of sp³-hybridized carbons (Fsp3) is 0.222. The summed E-state index contributed by atoms with van der Waals surface area (Å²) >= 11 is 5.44. The average molecular weight is 205 g/mol. The van der Waals surface area contributed by atoms with Gasteiger partial charge >= 0.3 is 0 Å². The quantitative estimate of drug-likeness (QED) is 0.658. The van der Waals surface area contributed by atoms with Crippen LogP contribution in [0.25, 0.3) is 0 Å².